The van der Waals surface area contributed by atoms with Crippen molar-refractivity contribution in [3.05, 3.63) is 75.7 Å². The van der Waals surface area contributed by atoms with E-state index in [4.69, 9.17) is 42.5 Å². The molecule has 4 aromatic rings. The van der Waals surface area contributed by atoms with Crippen molar-refractivity contribution in [2.45, 2.75) is 26.0 Å². The summed E-state index contributed by atoms with van der Waals surface area (Å²) in [6.07, 6.45) is 2.84. The molecule has 216 valence electrons. The van der Waals surface area contributed by atoms with Gasteiger partial charge < -0.3 is 24.2 Å². The van der Waals surface area contributed by atoms with Gasteiger partial charge in [0, 0.05) is 57.3 Å². The minimum absolute atomic E-state index is 0.0313. The molecule has 1 saturated heterocycles. The number of methoxy groups -OCH3 is 1. The minimum atomic E-state index is -1.10. The Morgan fingerprint density at radius 2 is 1.81 bits per heavy atom. The van der Waals surface area contributed by atoms with Crippen molar-refractivity contribution in [1.82, 2.24) is 19.7 Å². The fourth-order valence-corrected chi connectivity index (χ4v) is 5.88. The third-order valence-electron chi connectivity index (χ3n) is 7.39. The third kappa shape index (κ3) is 4.85. The van der Waals surface area contributed by atoms with Crippen LogP contribution in [-0.4, -0.2) is 69.1 Å². The van der Waals surface area contributed by atoms with Crippen molar-refractivity contribution in [2.75, 3.05) is 26.9 Å². The number of carboxylic acids is 1. The number of carbonyl (C=O) groups excluding carboxylic acids is 1. The van der Waals surface area contributed by atoms with Gasteiger partial charge in [0.1, 0.15) is 18.1 Å². The Balaban J connectivity index is 1.59. The minimum Gasteiger partial charge on any atom is -0.496 e. The second kappa shape index (κ2) is 10.6. The lowest BCUT2D eigenvalue weighted by molar-refractivity contribution is -0.0374. The number of halogens is 2. The van der Waals surface area contributed by atoms with Crippen LogP contribution in [0, 0.1) is 0 Å². The lowest BCUT2D eigenvalue weighted by Crippen LogP contribution is -2.55. The molecule has 0 unspecified atom stereocenters. The number of hydrogen-bond donors (Lipinski definition) is 1. The molecule has 0 spiro atoms. The predicted molar refractivity (Wildman–Crippen MR) is 156 cm³/mol. The van der Waals surface area contributed by atoms with Crippen molar-refractivity contribution >= 4 is 35.1 Å². The average molecular weight is 609 g/mol. The molecule has 1 fully saturated rings. The maximum absolute atomic E-state index is 14.1. The van der Waals surface area contributed by atoms with Crippen LogP contribution in [0.25, 0.3) is 28.1 Å². The van der Waals surface area contributed by atoms with Crippen LogP contribution >= 0.6 is 23.2 Å². The summed E-state index contributed by atoms with van der Waals surface area (Å²) in [5.41, 5.74) is 3.25. The summed E-state index contributed by atoms with van der Waals surface area (Å²) < 4.78 is 19.1. The van der Waals surface area contributed by atoms with E-state index < -0.39 is 11.5 Å². The third-order valence-corrected chi connectivity index (χ3v) is 7.83. The van der Waals surface area contributed by atoms with E-state index in [0.29, 0.717) is 74.9 Å². The van der Waals surface area contributed by atoms with E-state index in [2.05, 4.69) is 4.98 Å². The van der Waals surface area contributed by atoms with Crippen LogP contribution in [0.1, 0.15) is 40.3 Å². The number of fused-ring (bicyclic) bond motifs is 3. The van der Waals surface area contributed by atoms with Gasteiger partial charge in [0.25, 0.3) is 5.91 Å². The van der Waals surface area contributed by atoms with Gasteiger partial charge in [0.2, 0.25) is 0 Å². The number of rotatable bonds is 5. The van der Waals surface area contributed by atoms with Gasteiger partial charge in [-0.2, -0.15) is 5.10 Å². The second-order valence-electron chi connectivity index (χ2n) is 10.6. The monoisotopic (exact) mass is 608 g/mol. The maximum atomic E-state index is 14.1. The van der Waals surface area contributed by atoms with E-state index in [-0.39, 0.29) is 23.8 Å². The molecule has 2 aliphatic heterocycles. The zero-order valence-corrected chi connectivity index (χ0v) is 24.5. The molecule has 1 N–H and O–H groups in total. The zero-order chi connectivity index (χ0) is 29.8. The molecule has 2 aliphatic rings. The normalized spacial score (nSPS) is 15.4. The molecular formula is C30H26Cl2N4O6. The van der Waals surface area contributed by atoms with Gasteiger partial charge in [-0.3, -0.25) is 9.78 Å². The first-order valence-electron chi connectivity index (χ1n) is 13.1. The number of aromatic carboxylic acids is 1. The molecule has 0 atom stereocenters. The van der Waals surface area contributed by atoms with Gasteiger partial charge in [0.05, 0.1) is 42.8 Å². The van der Waals surface area contributed by atoms with E-state index >= 15 is 0 Å². The molecule has 0 aliphatic carbocycles. The number of benzene rings is 2. The zero-order valence-electron chi connectivity index (χ0n) is 23.0. The highest BCUT2D eigenvalue weighted by molar-refractivity contribution is 6.34. The summed E-state index contributed by atoms with van der Waals surface area (Å²) in [7, 11) is 1.52. The lowest BCUT2D eigenvalue weighted by atomic mass is 9.95. The highest BCUT2D eigenvalue weighted by Crippen LogP contribution is 2.46. The van der Waals surface area contributed by atoms with E-state index in [9.17, 15) is 14.7 Å². The number of ether oxygens (including phenoxy) is 3. The number of carboxylic acid groups (broad SMARTS) is 1. The quantitative estimate of drug-likeness (QED) is 0.304. The first-order valence-corrected chi connectivity index (χ1v) is 13.8. The Hall–Kier alpha value is -4.12. The van der Waals surface area contributed by atoms with Crippen LogP contribution in [0.5, 0.6) is 11.5 Å². The molecule has 4 heterocycles. The van der Waals surface area contributed by atoms with Crippen LogP contribution in [0.3, 0.4) is 0 Å². The highest BCUT2D eigenvalue weighted by Gasteiger charge is 2.39. The van der Waals surface area contributed by atoms with Crippen molar-refractivity contribution in [2.24, 2.45) is 0 Å². The number of nitrogens with zero attached hydrogens (tertiary/aromatic N) is 4. The molecule has 12 heteroatoms. The Labute approximate surface area is 251 Å². The smallest absolute Gasteiger partial charge is 0.337 e. The fraction of sp³-hybridized carbons (Fsp3) is 0.267. The summed E-state index contributed by atoms with van der Waals surface area (Å²) in [6.45, 7) is 5.23. The summed E-state index contributed by atoms with van der Waals surface area (Å²) in [4.78, 5) is 31.6. The van der Waals surface area contributed by atoms with Crippen molar-refractivity contribution in [3.8, 4) is 39.6 Å². The summed E-state index contributed by atoms with van der Waals surface area (Å²) >= 11 is 12.8. The molecule has 0 saturated carbocycles. The largest absolute Gasteiger partial charge is 0.496 e. The predicted octanol–water partition coefficient (Wildman–Crippen LogP) is 5.76. The first kappa shape index (κ1) is 28.0. The summed E-state index contributed by atoms with van der Waals surface area (Å²) in [5, 5.41) is 15.2. The Bertz CT molecular complexity index is 1730. The van der Waals surface area contributed by atoms with Gasteiger partial charge >= 0.3 is 5.97 Å². The van der Waals surface area contributed by atoms with Crippen LogP contribution in [0.2, 0.25) is 10.0 Å². The van der Waals surface area contributed by atoms with Crippen molar-refractivity contribution in [3.63, 3.8) is 0 Å². The number of morpholine rings is 1. The van der Waals surface area contributed by atoms with E-state index in [1.807, 2.05) is 19.9 Å². The Morgan fingerprint density at radius 1 is 1.05 bits per heavy atom. The number of carbonyl (C=O) groups is 2. The SMILES string of the molecule is COc1cc2c(cc1-c1cncc(C(=O)O)c1)-c1c(c(C(=O)N3CCOCC3(C)C)nn1-c1cc(Cl)cc(Cl)c1)CO2. The molecule has 1 amide bonds. The molecule has 6 rings (SSSR count). The Kier molecular flexibility index (Phi) is 7.08. The highest BCUT2D eigenvalue weighted by atomic mass is 35.5. The van der Waals surface area contributed by atoms with Gasteiger partial charge in [0.15, 0.2) is 5.69 Å². The van der Waals surface area contributed by atoms with E-state index in [1.54, 1.807) is 40.0 Å². The summed E-state index contributed by atoms with van der Waals surface area (Å²) in [6, 6.07) is 10.1. The first-order chi connectivity index (χ1) is 20.1. The van der Waals surface area contributed by atoms with Gasteiger partial charge in [-0.15, -0.1) is 0 Å². The van der Waals surface area contributed by atoms with Crippen LogP contribution in [0.4, 0.5) is 0 Å². The summed E-state index contributed by atoms with van der Waals surface area (Å²) in [5.74, 6) is -0.377. The molecule has 0 bridgehead atoms. The molecule has 10 nitrogen and oxygen atoms in total. The molecule has 2 aromatic heterocycles. The van der Waals surface area contributed by atoms with Crippen molar-refractivity contribution in [1.29, 1.82) is 0 Å². The molecular weight excluding hydrogens is 583 g/mol. The van der Waals surface area contributed by atoms with Crippen LogP contribution in [0.15, 0.2) is 48.8 Å². The topological polar surface area (TPSA) is 116 Å². The number of hydrogen-bond acceptors (Lipinski definition) is 7. The van der Waals surface area contributed by atoms with E-state index in [0.717, 1.165) is 0 Å². The maximum Gasteiger partial charge on any atom is 0.337 e. The number of amides is 1. The number of pyridine rings is 1. The van der Waals surface area contributed by atoms with Gasteiger partial charge in [-0.1, -0.05) is 23.2 Å². The van der Waals surface area contributed by atoms with Crippen LogP contribution in [-0.2, 0) is 11.3 Å². The number of aromatic nitrogens is 3. The molecule has 2 aromatic carbocycles. The van der Waals surface area contributed by atoms with E-state index in [1.165, 1.54) is 19.4 Å². The van der Waals surface area contributed by atoms with Gasteiger partial charge in [-0.25, -0.2) is 9.48 Å². The van der Waals surface area contributed by atoms with Gasteiger partial charge in [-0.05, 0) is 44.2 Å². The molecule has 0 radical (unpaired) electrons. The fourth-order valence-electron chi connectivity index (χ4n) is 5.36. The average Bonchev–Trinajstić information content (AvgIpc) is 3.36. The standard InChI is InChI=1S/C30H26Cl2N4O6/c1-30(2)15-41-5-4-35(30)28(37)26-23-14-42-25-11-24(40-3)21(16-6-17(29(38)39)13-33-12-16)10-22(25)27(23)36(34-26)20-8-18(31)7-19(32)9-20/h6-13H,4-5,14-15H2,1-3H3,(H,38,39). The molecule has 42 heavy (non-hydrogen) atoms. The second-order valence-corrected chi connectivity index (χ2v) is 11.5. The Morgan fingerprint density at radius 3 is 2.50 bits per heavy atom. The van der Waals surface area contributed by atoms with Crippen molar-refractivity contribution < 1.29 is 28.9 Å². The lowest BCUT2D eigenvalue weighted by Gasteiger charge is -2.41. The van der Waals surface area contributed by atoms with Crippen LogP contribution < -0.4 is 9.47 Å².